The summed E-state index contributed by atoms with van der Waals surface area (Å²) in [6.45, 7) is 6.92. The normalized spacial score (nSPS) is 44.7. The maximum atomic E-state index is 11.9. The standard InChI is InChI=1S/C15H21ClO3/c1-14(2)5-4-6-15(3)8-7-19-13(18)9(8)10(16)11(17)12(14)15/h10-12,17H,4-7H2,1-3H3/t10-,11+,12-,15+/m0/s1. The second-order valence-electron chi connectivity index (χ2n) is 7.10. The van der Waals surface area contributed by atoms with Gasteiger partial charge in [0.05, 0.1) is 17.1 Å². The molecule has 0 spiro atoms. The number of carbonyl (C=O) groups excluding carboxylic acids is 1. The Balaban J connectivity index is 2.17. The van der Waals surface area contributed by atoms with E-state index in [0.717, 1.165) is 24.8 Å². The highest BCUT2D eigenvalue weighted by Crippen LogP contribution is 2.61. The molecule has 3 aliphatic rings. The molecule has 3 nitrogen and oxygen atoms in total. The molecule has 1 N–H and O–H groups in total. The minimum Gasteiger partial charge on any atom is -0.458 e. The van der Waals surface area contributed by atoms with E-state index in [-0.39, 0.29) is 22.7 Å². The second-order valence-corrected chi connectivity index (χ2v) is 7.57. The number of alkyl halides is 1. The lowest BCUT2D eigenvalue weighted by molar-refractivity contribution is -0.136. The van der Waals surface area contributed by atoms with E-state index >= 15 is 0 Å². The first-order valence-electron chi connectivity index (χ1n) is 7.02. The number of aliphatic hydroxyl groups is 1. The molecule has 0 radical (unpaired) electrons. The number of halogens is 1. The van der Waals surface area contributed by atoms with E-state index in [0.29, 0.717) is 12.2 Å². The average Bonchev–Trinajstić information content (AvgIpc) is 2.68. The highest BCUT2D eigenvalue weighted by Gasteiger charge is 2.59. The van der Waals surface area contributed by atoms with E-state index in [1.165, 1.54) is 0 Å². The van der Waals surface area contributed by atoms with E-state index in [1.807, 2.05) is 0 Å². The zero-order chi connectivity index (χ0) is 14.0. The first-order valence-corrected chi connectivity index (χ1v) is 7.45. The van der Waals surface area contributed by atoms with Crippen molar-refractivity contribution in [1.29, 1.82) is 0 Å². The Labute approximate surface area is 119 Å². The molecule has 0 aromatic carbocycles. The smallest absolute Gasteiger partial charge is 0.336 e. The number of ether oxygens (including phenoxy) is 1. The number of fused-ring (bicyclic) bond motifs is 2. The summed E-state index contributed by atoms with van der Waals surface area (Å²) in [5.41, 5.74) is 1.45. The van der Waals surface area contributed by atoms with Gasteiger partial charge in [-0.15, -0.1) is 11.6 Å². The third-order valence-corrected chi connectivity index (χ3v) is 6.02. The van der Waals surface area contributed by atoms with Crippen LogP contribution in [0.2, 0.25) is 0 Å². The number of esters is 1. The van der Waals surface area contributed by atoms with E-state index in [4.69, 9.17) is 16.3 Å². The first-order chi connectivity index (χ1) is 8.79. The Morgan fingerprint density at radius 1 is 1.32 bits per heavy atom. The highest BCUT2D eigenvalue weighted by molar-refractivity contribution is 6.26. The van der Waals surface area contributed by atoms with Crippen LogP contribution in [-0.4, -0.2) is 29.2 Å². The van der Waals surface area contributed by atoms with Gasteiger partial charge in [-0.05, 0) is 29.2 Å². The van der Waals surface area contributed by atoms with Crippen molar-refractivity contribution in [2.75, 3.05) is 6.61 Å². The summed E-state index contributed by atoms with van der Waals surface area (Å²) >= 11 is 6.36. The predicted molar refractivity (Wildman–Crippen MR) is 72.9 cm³/mol. The molecule has 0 aromatic rings. The van der Waals surface area contributed by atoms with Crippen molar-refractivity contribution in [1.82, 2.24) is 0 Å². The predicted octanol–water partition coefficient (Wildman–Crippen LogP) is 2.65. The van der Waals surface area contributed by atoms with Gasteiger partial charge in [0.1, 0.15) is 6.61 Å². The molecule has 0 saturated heterocycles. The van der Waals surface area contributed by atoms with Gasteiger partial charge in [-0.3, -0.25) is 0 Å². The van der Waals surface area contributed by atoms with Crippen LogP contribution in [0.5, 0.6) is 0 Å². The van der Waals surface area contributed by atoms with Crippen LogP contribution in [0.15, 0.2) is 11.1 Å². The van der Waals surface area contributed by atoms with Gasteiger partial charge in [0.2, 0.25) is 0 Å². The molecule has 19 heavy (non-hydrogen) atoms. The summed E-state index contributed by atoms with van der Waals surface area (Å²) in [5.74, 6) is -0.249. The van der Waals surface area contributed by atoms with Gasteiger partial charge >= 0.3 is 5.97 Å². The molecule has 0 bridgehead atoms. The molecule has 0 unspecified atom stereocenters. The van der Waals surface area contributed by atoms with Crippen molar-refractivity contribution in [2.45, 2.75) is 51.5 Å². The van der Waals surface area contributed by atoms with Gasteiger partial charge in [-0.25, -0.2) is 4.79 Å². The Morgan fingerprint density at radius 2 is 2.00 bits per heavy atom. The molecule has 106 valence electrons. The Hall–Kier alpha value is -0.540. The van der Waals surface area contributed by atoms with Crippen LogP contribution in [-0.2, 0) is 9.53 Å². The van der Waals surface area contributed by atoms with Gasteiger partial charge in [-0.1, -0.05) is 27.2 Å². The third-order valence-electron chi connectivity index (χ3n) is 5.54. The van der Waals surface area contributed by atoms with Crippen LogP contribution >= 0.6 is 11.6 Å². The molecule has 4 heteroatoms. The first kappa shape index (κ1) is 13.4. The summed E-state index contributed by atoms with van der Waals surface area (Å²) in [6.07, 6.45) is 2.53. The molecule has 2 aliphatic carbocycles. The van der Waals surface area contributed by atoms with Crippen LogP contribution in [0.3, 0.4) is 0 Å². The molecule has 3 rings (SSSR count). The van der Waals surface area contributed by atoms with E-state index in [9.17, 15) is 9.90 Å². The number of aliphatic hydroxyl groups excluding tert-OH is 1. The maximum absolute atomic E-state index is 11.9. The third kappa shape index (κ3) is 1.64. The van der Waals surface area contributed by atoms with Gasteiger partial charge in [0.15, 0.2) is 0 Å². The van der Waals surface area contributed by atoms with Crippen molar-refractivity contribution < 1.29 is 14.6 Å². The number of rotatable bonds is 0. The summed E-state index contributed by atoms with van der Waals surface area (Å²) in [5, 5.41) is 10.0. The number of hydrogen-bond acceptors (Lipinski definition) is 3. The molecular weight excluding hydrogens is 264 g/mol. The topological polar surface area (TPSA) is 46.5 Å². The van der Waals surface area contributed by atoms with E-state index < -0.39 is 11.5 Å². The van der Waals surface area contributed by atoms with E-state index in [2.05, 4.69) is 20.8 Å². The molecule has 1 aliphatic heterocycles. The van der Waals surface area contributed by atoms with Crippen LogP contribution in [0.4, 0.5) is 0 Å². The lowest BCUT2D eigenvalue weighted by Gasteiger charge is -2.56. The van der Waals surface area contributed by atoms with E-state index in [1.54, 1.807) is 0 Å². The fourth-order valence-corrected chi connectivity index (χ4v) is 5.14. The van der Waals surface area contributed by atoms with Gasteiger partial charge in [0.25, 0.3) is 0 Å². The van der Waals surface area contributed by atoms with Crippen molar-refractivity contribution >= 4 is 17.6 Å². The molecule has 0 aromatic heterocycles. The molecule has 1 fully saturated rings. The van der Waals surface area contributed by atoms with Crippen LogP contribution in [0, 0.1) is 16.7 Å². The fraction of sp³-hybridized carbons (Fsp3) is 0.800. The summed E-state index contributed by atoms with van der Waals surface area (Å²) in [6, 6.07) is 0. The number of hydrogen-bond donors (Lipinski definition) is 1. The van der Waals surface area contributed by atoms with Crippen molar-refractivity contribution in [3.63, 3.8) is 0 Å². The van der Waals surface area contributed by atoms with Crippen molar-refractivity contribution in [3.05, 3.63) is 11.1 Å². The summed E-state index contributed by atoms with van der Waals surface area (Å²) in [7, 11) is 0. The minimum absolute atomic E-state index is 0.0315. The number of carbonyl (C=O) groups is 1. The van der Waals surface area contributed by atoms with Crippen molar-refractivity contribution in [3.8, 4) is 0 Å². The summed E-state index contributed by atoms with van der Waals surface area (Å²) < 4.78 is 5.19. The summed E-state index contributed by atoms with van der Waals surface area (Å²) in [4.78, 5) is 11.9. The molecule has 0 amide bonds. The number of cyclic esters (lactones) is 1. The van der Waals surface area contributed by atoms with Gasteiger partial charge in [0, 0.05) is 5.92 Å². The Bertz CT molecular complexity index is 468. The highest BCUT2D eigenvalue weighted by atomic mass is 35.5. The SMILES string of the molecule is CC1(C)CCC[C@]2(C)C3=C(C(=O)OC3)[C@H](Cl)[C@@H](O)[C@@H]12. The zero-order valence-electron chi connectivity index (χ0n) is 11.7. The molecular formula is C15H21ClO3. The fourth-order valence-electron chi connectivity index (χ4n) is 4.77. The Kier molecular flexibility index (Phi) is 2.82. The monoisotopic (exact) mass is 284 g/mol. The molecule has 1 heterocycles. The van der Waals surface area contributed by atoms with Crippen LogP contribution in [0.25, 0.3) is 0 Å². The van der Waals surface area contributed by atoms with Crippen LogP contribution in [0.1, 0.15) is 40.0 Å². The lowest BCUT2D eigenvalue weighted by Crippen LogP contribution is -2.55. The van der Waals surface area contributed by atoms with Gasteiger partial charge < -0.3 is 9.84 Å². The molecule has 4 atom stereocenters. The largest absolute Gasteiger partial charge is 0.458 e. The maximum Gasteiger partial charge on any atom is 0.336 e. The second kappa shape index (κ2) is 3.98. The van der Waals surface area contributed by atoms with Crippen molar-refractivity contribution in [2.24, 2.45) is 16.7 Å². The zero-order valence-corrected chi connectivity index (χ0v) is 12.5. The van der Waals surface area contributed by atoms with Crippen LogP contribution < -0.4 is 0 Å². The van der Waals surface area contributed by atoms with Gasteiger partial charge in [-0.2, -0.15) is 0 Å². The lowest BCUT2D eigenvalue weighted by atomic mass is 9.49. The minimum atomic E-state index is -0.675. The molecule has 1 saturated carbocycles. The Morgan fingerprint density at radius 3 is 2.68 bits per heavy atom. The quantitative estimate of drug-likeness (QED) is 0.549. The average molecular weight is 285 g/mol.